The maximum absolute atomic E-state index is 10.2. The summed E-state index contributed by atoms with van der Waals surface area (Å²) in [5.74, 6) is -1.60. The van der Waals surface area contributed by atoms with Gasteiger partial charge in [0.15, 0.2) is 0 Å². The molecule has 0 saturated carbocycles. The number of carboxylic acid groups (broad SMARTS) is 2. The molecule has 0 amide bonds. The predicted molar refractivity (Wildman–Crippen MR) is 132 cm³/mol. The summed E-state index contributed by atoms with van der Waals surface area (Å²) < 4.78 is 0. The van der Waals surface area contributed by atoms with Crippen molar-refractivity contribution in [2.45, 2.75) is 92.3 Å². The fraction of sp³-hybridized carbons (Fsp3) is 0.905. The first-order chi connectivity index (χ1) is 14.2. The monoisotopic (exact) mass is 514 g/mol. The Morgan fingerprint density at radius 2 is 0.906 bits per heavy atom. The average Bonchev–Trinajstić information content (AvgIpc) is 2.71. The molecule has 11 heteroatoms. The van der Waals surface area contributed by atoms with E-state index in [2.05, 4.69) is 0 Å². The molecule has 0 aliphatic heterocycles. The molecule has 0 aliphatic rings. The second kappa shape index (κ2) is 34.9. The molecule has 0 rings (SSSR count). The molecule has 0 aromatic heterocycles. The Kier molecular flexibility index (Phi) is 49.0. The zero-order valence-corrected chi connectivity index (χ0v) is 24.4. The van der Waals surface area contributed by atoms with E-state index < -0.39 is 11.9 Å². The molecule has 0 fully saturated rings. The molecule has 10 nitrogen and oxygen atoms in total. The summed E-state index contributed by atoms with van der Waals surface area (Å²) in [5.41, 5.74) is 36.4. The van der Waals surface area contributed by atoms with Crippen molar-refractivity contribution in [2.75, 3.05) is 19.6 Å². The Morgan fingerprint density at radius 1 is 0.750 bits per heavy atom. The molecule has 0 heterocycles. The first kappa shape index (κ1) is 44.9. The number of carbonyl (C=O) groups is 2. The molecule has 0 bridgehead atoms. The van der Waals surface area contributed by atoms with Gasteiger partial charge in [-0.25, -0.2) is 0 Å². The van der Waals surface area contributed by atoms with E-state index in [0.717, 1.165) is 25.7 Å². The summed E-state index contributed by atoms with van der Waals surface area (Å²) in [6, 6.07) is -0.236. The quantitative estimate of drug-likeness (QED) is 0.299. The Hall–Kier alpha value is -0.677. The van der Waals surface area contributed by atoms with Gasteiger partial charge in [0, 0.05) is 32.1 Å². The molecular formula is C21H50N6O4Zn-4. The van der Waals surface area contributed by atoms with Gasteiger partial charge < -0.3 is 44.6 Å². The molecule has 3 unspecified atom stereocenters. The summed E-state index contributed by atoms with van der Waals surface area (Å²) in [5, 5.41) is 16.7. The number of nitrogens with two attached hydrogens (primary N) is 2. The second-order valence-electron chi connectivity index (χ2n) is 7.13. The Morgan fingerprint density at radius 3 is 0.906 bits per heavy atom. The van der Waals surface area contributed by atoms with Crippen molar-refractivity contribution >= 4 is 11.9 Å². The second-order valence-corrected chi connectivity index (χ2v) is 7.13. The van der Waals surface area contributed by atoms with Gasteiger partial charge in [0.05, 0.1) is 11.8 Å². The van der Waals surface area contributed by atoms with E-state index in [9.17, 15) is 9.59 Å². The molecule has 0 aromatic carbocycles. The van der Waals surface area contributed by atoms with Crippen LogP contribution in [0.4, 0.5) is 0 Å². The predicted octanol–water partition coefficient (Wildman–Crippen LogP) is 5.26. The minimum atomic E-state index is -0.671. The van der Waals surface area contributed by atoms with Crippen LogP contribution >= 0.6 is 0 Å². The Balaban J connectivity index is -0.0000000668. The van der Waals surface area contributed by atoms with Crippen LogP contribution in [0.2, 0.25) is 0 Å². The first-order valence-electron chi connectivity index (χ1n) is 10.9. The summed E-state index contributed by atoms with van der Waals surface area (Å²) in [7, 11) is 0. The van der Waals surface area contributed by atoms with Crippen molar-refractivity contribution in [3.63, 3.8) is 0 Å². The third kappa shape index (κ3) is 51.7. The van der Waals surface area contributed by atoms with Crippen LogP contribution in [-0.2, 0) is 29.1 Å². The largest absolute Gasteiger partial charge is 0.679 e. The molecule has 32 heavy (non-hydrogen) atoms. The van der Waals surface area contributed by atoms with Gasteiger partial charge in [0.2, 0.25) is 0 Å². The van der Waals surface area contributed by atoms with Crippen LogP contribution in [0.5, 0.6) is 0 Å². The van der Waals surface area contributed by atoms with E-state index in [1.807, 2.05) is 34.6 Å². The first-order valence-corrected chi connectivity index (χ1v) is 10.9. The third-order valence-corrected chi connectivity index (χ3v) is 3.65. The van der Waals surface area contributed by atoms with Crippen molar-refractivity contribution in [1.29, 1.82) is 0 Å². The zero-order chi connectivity index (χ0) is 26.0. The van der Waals surface area contributed by atoms with Crippen LogP contribution in [0.25, 0.3) is 22.9 Å². The fourth-order valence-corrected chi connectivity index (χ4v) is 1.28. The average molecular weight is 516 g/mol. The number of nitrogens with one attached hydrogen (secondary N) is 4. The van der Waals surface area contributed by atoms with Gasteiger partial charge in [-0.1, -0.05) is 41.5 Å². The van der Waals surface area contributed by atoms with Crippen LogP contribution < -0.4 is 11.5 Å². The van der Waals surface area contributed by atoms with Crippen LogP contribution in [0, 0.1) is 11.8 Å². The summed E-state index contributed by atoms with van der Waals surface area (Å²) in [4.78, 5) is 20.3. The number of aliphatic carboxylic acids is 2. The molecule has 0 saturated heterocycles. The summed E-state index contributed by atoms with van der Waals surface area (Å²) >= 11 is 0. The van der Waals surface area contributed by atoms with E-state index >= 15 is 0 Å². The van der Waals surface area contributed by atoms with Crippen molar-refractivity contribution in [3.8, 4) is 0 Å². The van der Waals surface area contributed by atoms with E-state index in [1.54, 1.807) is 13.8 Å². The number of rotatable bonds is 9. The number of carboxylic acids is 2. The Bertz CT molecular complexity index is 327. The van der Waals surface area contributed by atoms with Crippen molar-refractivity contribution < 1.29 is 39.3 Å². The van der Waals surface area contributed by atoms with Crippen LogP contribution in [0.3, 0.4) is 0 Å². The molecule has 0 radical (unpaired) electrons. The van der Waals surface area contributed by atoms with Gasteiger partial charge in [0.1, 0.15) is 0 Å². The summed E-state index contributed by atoms with van der Waals surface area (Å²) in [6.07, 6.45) is 2.97. The van der Waals surface area contributed by atoms with Crippen LogP contribution in [0.15, 0.2) is 0 Å². The standard InChI is InChI=1S/2C6H12O2.C3H10N2.2C3H8N2.Zn/c2*1-3-5(4-2)6(7)8;3*1-3(5)2-4;/h2*5H,3-4H2,1-2H3,(H,7,8);3H,2,4-5H2,1H3;2*3-5H,2H2,1H3;/q;;;2*-2;. The fourth-order valence-electron chi connectivity index (χ4n) is 1.28. The van der Waals surface area contributed by atoms with E-state index in [4.69, 9.17) is 44.6 Å². The van der Waals surface area contributed by atoms with Gasteiger partial charge in [-0.3, -0.25) is 9.59 Å². The molecule has 10 N–H and O–H groups in total. The topological polar surface area (TPSA) is 222 Å². The molecule has 3 atom stereocenters. The van der Waals surface area contributed by atoms with E-state index in [-0.39, 0.29) is 62.5 Å². The molecular weight excluding hydrogens is 466 g/mol. The number of hydrogen-bond donors (Lipinski definition) is 4. The normalized spacial score (nSPS) is 12.0. The van der Waals surface area contributed by atoms with Gasteiger partial charge in [-0.2, -0.15) is 25.2 Å². The minimum Gasteiger partial charge on any atom is -0.679 e. The van der Waals surface area contributed by atoms with Crippen molar-refractivity contribution in [2.24, 2.45) is 23.3 Å². The molecule has 0 aliphatic carbocycles. The molecule has 0 spiro atoms. The SMILES string of the molecule is CC(N)CN.CC([NH-])C[NH-].CC([NH-])C[NH-].CCC(CC)C(=O)O.CCC(CC)C(=O)O.[Zn]. The van der Waals surface area contributed by atoms with Crippen molar-refractivity contribution in [3.05, 3.63) is 22.9 Å². The van der Waals surface area contributed by atoms with Crippen molar-refractivity contribution in [1.82, 2.24) is 0 Å². The van der Waals surface area contributed by atoms with Gasteiger partial charge in [-0.15, -0.1) is 0 Å². The van der Waals surface area contributed by atoms with Gasteiger partial charge in [0.25, 0.3) is 0 Å². The maximum atomic E-state index is 10.2. The Labute approximate surface area is 209 Å². The molecule has 0 aromatic rings. The number of hydrogen-bond acceptors (Lipinski definition) is 4. The maximum Gasteiger partial charge on any atom is 0.306 e. The van der Waals surface area contributed by atoms with Gasteiger partial charge >= 0.3 is 11.9 Å². The molecule has 194 valence electrons. The van der Waals surface area contributed by atoms with E-state index in [0.29, 0.717) is 6.54 Å². The minimum absolute atomic E-state index is 0. The zero-order valence-electron chi connectivity index (χ0n) is 21.4. The van der Waals surface area contributed by atoms with Crippen LogP contribution in [0.1, 0.15) is 74.1 Å². The van der Waals surface area contributed by atoms with E-state index in [1.165, 1.54) is 0 Å². The van der Waals surface area contributed by atoms with Crippen LogP contribution in [-0.4, -0.2) is 59.9 Å². The smallest absolute Gasteiger partial charge is 0.306 e. The van der Waals surface area contributed by atoms with Gasteiger partial charge in [-0.05, 0) is 32.6 Å². The summed E-state index contributed by atoms with van der Waals surface area (Å²) in [6.45, 7) is 13.9. The third-order valence-electron chi connectivity index (χ3n) is 3.65.